The molecular formula is C36H42N5O4P. The van der Waals surface area contributed by atoms with E-state index in [0.717, 1.165) is 45.0 Å². The molecule has 0 radical (unpaired) electrons. The van der Waals surface area contributed by atoms with Crippen LogP contribution in [0.3, 0.4) is 0 Å². The van der Waals surface area contributed by atoms with Gasteiger partial charge in [-0.1, -0.05) is 91.0 Å². The minimum Gasteiger partial charge on any atom is -0.373 e. The zero-order valence-corrected chi connectivity index (χ0v) is 27.4. The second-order valence-corrected chi connectivity index (χ2v) is 14.0. The molecule has 0 aliphatic carbocycles. The van der Waals surface area contributed by atoms with Crippen LogP contribution in [0, 0.1) is 10.1 Å². The predicted molar refractivity (Wildman–Crippen MR) is 184 cm³/mol. The van der Waals surface area contributed by atoms with Crippen LogP contribution in [0.25, 0.3) is 0 Å². The van der Waals surface area contributed by atoms with Crippen LogP contribution in [0.15, 0.2) is 115 Å². The first-order valence-corrected chi connectivity index (χ1v) is 17.0. The van der Waals surface area contributed by atoms with Crippen LogP contribution in [0.2, 0.25) is 0 Å². The Balaban J connectivity index is 1.18. The number of anilines is 1. The van der Waals surface area contributed by atoms with Crippen molar-refractivity contribution < 1.29 is 14.2 Å². The molecule has 0 saturated carbocycles. The molecule has 0 N–H and O–H groups in total. The van der Waals surface area contributed by atoms with Gasteiger partial charge in [-0.15, -0.1) is 0 Å². The fourth-order valence-corrected chi connectivity index (χ4v) is 8.44. The van der Waals surface area contributed by atoms with Gasteiger partial charge in [0.15, 0.2) is 8.45 Å². The molecule has 2 saturated heterocycles. The average Bonchev–Trinajstić information content (AvgIpc) is 3.11. The summed E-state index contributed by atoms with van der Waals surface area (Å²) in [4.78, 5) is 15.6. The average molecular weight is 640 g/mol. The SMILES string of the molecule is CN(C)P(OCC1CN(C(c2ccccc2)(c2ccccc2)c2ccccc2)CCO1)N1CCN(c2ccc([N+](=O)[O-])cc2)CC1. The van der Waals surface area contributed by atoms with Crippen molar-refractivity contribution in [3.8, 4) is 0 Å². The van der Waals surface area contributed by atoms with Crippen LogP contribution >= 0.6 is 8.45 Å². The molecule has 0 bridgehead atoms. The van der Waals surface area contributed by atoms with Crippen molar-refractivity contribution in [2.24, 2.45) is 0 Å². The third-order valence-electron chi connectivity index (χ3n) is 8.83. The number of hydrogen-bond acceptors (Lipinski definition) is 8. The number of hydrogen-bond donors (Lipinski definition) is 0. The Labute approximate surface area is 273 Å². The molecule has 6 rings (SSSR count). The summed E-state index contributed by atoms with van der Waals surface area (Å²) in [5.41, 5.74) is 4.34. The molecule has 2 unspecified atom stereocenters. The fourth-order valence-electron chi connectivity index (χ4n) is 6.72. The van der Waals surface area contributed by atoms with Crippen molar-refractivity contribution in [1.82, 2.24) is 14.2 Å². The van der Waals surface area contributed by atoms with Gasteiger partial charge in [0.25, 0.3) is 5.69 Å². The molecule has 10 heteroatoms. The van der Waals surface area contributed by atoms with Crippen molar-refractivity contribution in [3.63, 3.8) is 0 Å². The normalized spacial score (nSPS) is 18.8. The number of nitro benzene ring substituents is 1. The maximum Gasteiger partial charge on any atom is 0.269 e. The van der Waals surface area contributed by atoms with Gasteiger partial charge in [0, 0.05) is 57.1 Å². The van der Waals surface area contributed by atoms with Crippen LogP contribution < -0.4 is 4.90 Å². The highest BCUT2D eigenvalue weighted by atomic mass is 31.2. The van der Waals surface area contributed by atoms with Gasteiger partial charge in [0.1, 0.15) is 0 Å². The van der Waals surface area contributed by atoms with Gasteiger partial charge in [0.2, 0.25) is 0 Å². The highest BCUT2D eigenvalue weighted by Gasteiger charge is 2.44. The van der Waals surface area contributed by atoms with Crippen molar-refractivity contribution in [2.45, 2.75) is 11.6 Å². The summed E-state index contributed by atoms with van der Waals surface area (Å²) in [6.07, 6.45) is -0.0874. The smallest absolute Gasteiger partial charge is 0.269 e. The molecule has 46 heavy (non-hydrogen) atoms. The maximum atomic E-state index is 11.1. The van der Waals surface area contributed by atoms with E-state index >= 15 is 0 Å². The largest absolute Gasteiger partial charge is 0.373 e. The van der Waals surface area contributed by atoms with Gasteiger partial charge in [-0.3, -0.25) is 19.7 Å². The van der Waals surface area contributed by atoms with E-state index < -0.39 is 14.0 Å². The number of ether oxygens (including phenoxy) is 1. The van der Waals surface area contributed by atoms with Crippen LogP contribution in [-0.2, 0) is 14.8 Å². The summed E-state index contributed by atoms with van der Waals surface area (Å²) >= 11 is 0. The second-order valence-electron chi connectivity index (χ2n) is 11.9. The molecule has 0 aromatic heterocycles. The topological polar surface area (TPSA) is 74.6 Å². The van der Waals surface area contributed by atoms with E-state index in [1.54, 1.807) is 12.1 Å². The van der Waals surface area contributed by atoms with Crippen LogP contribution in [0.1, 0.15) is 16.7 Å². The number of non-ortho nitro benzene ring substituents is 1. The lowest BCUT2D eigenvalue weighted by Crippen LogP contribution is -2.56. The van der Waals surface area contributed by atoms with Crippen LogP contribution in [-0.4, -0.2) is 91.8 Å². The van der Waals surface area contributed by atoms with E-state index in [1.807, 2.05) is 12.1 Å². The Bertz CT molecular complexity index is 1440. The van der Waals surface area contributed by atoms with E-state index in [9.17, 15) is 10.1 Å². The van der Waals surface area contributed by atoms with E-state index in [4.69, 9.17) is 9.26 Å². The number of morpholine rings is 1. The standard InChI is InChI=1S/C36H42N5O4P/c1-37(2)46(40-24-22-38(23-25-40)33-18-20-34(21-19-33)41(42)43)45-29-35-28-39(26-27-44-35)36(30-12-6-3-7-13-30,31-14-8-4-9-15-31)32-16-10-5-11-17-32/h3-21,35H,22-29H2,1-2H3. The molecule has 2 atom stereocenters. The first-order valence-electron chi connectivity index (χ1n) is 15.8. The Morgan fingerprint density at radius 3 is 1.80 bits per heavy atom. The minimum atomic E-state index is -0.986. The molecule has 9 nitrogen and oxygen atoms in total. The molecule has 240 valence electrons. The lowest BCUT2D eigenvalue weighted by atomic mass is 9.75. The molecule has 2 aliphatic heterocycles. The van der Waals surface area contributed by atoms with Gasteiger partial charge >= 0.3 is 0 Å². The van der Waals surface area contributed by atoms with Crippen molar-refractivity contribution in [2.75, 3.05) is 71.5 Å². The Morgan fingerprint density at radius 1 is 0.804 bits per heavy atom. The molecule has 0 amide bonds. The summed E-state index contributed by atoms with van der Waals surface area (Å²) in [5.74, 6) is 0. The lowest BCUT2D eigenvalue weighted by molar-refractivity contribution is -0.384. The monoisotopic (exact) mass is 639 g/mol. The van der Waals surface area contributed by atoms with Gasteiger partial charge in [-0.05, 0) is 42.9 Å². The Hall–Kier alpha value is -3.69. The quantitative estimate of drug-likeness (QED) is 0.0830. The van der Waals surface area contributed by atoms with Crippen molar-refractivity contribution in [1.29, 1.82) is 0 Å². The fraction of sp³-hybridized carbons (Fsp3) is 0.333. The number of rotatable bonds is 11. The van der Waals surface area contributed by atoms with Gasteiger partial charge in [0.05, 0.1) is 29.8 Å². The molecule has 2 aliphatic rings. The van der Waals surface area contributed by atoms with Gasteiger partial charge in [-0.25, -0.2) is 4.67 Å². The molecule has 4 aromatic rings. The minimum absolute atomic E-state index is 0.0874. The van der Waals surface area contributed by atoms with Crippen LogP contribution in [0.4, 0.5) is 11.4 Å². The van der Waals surface area contributed by atoms with Crippen molar-refractivity contribution in [3.05, 3.63) is 142 Å². The van der Waals surface area contributed by atoms with Gasteiger partial charge < -0.3 is 14.2 Å². The lowest BCUT2D eigenvalue weighted by Gasteiger charge is -2.49. The highest BCUT2D eigenvalue weighted by molar-refractivity contribution is 7.47. The molecule has 2 heterocycles. The van der Waals surface area contributed by atoms with E-state index in [-0.39, 0.29) is 16.7 Å². The summed E-state index contributed by atoms with van der Waals surface area (Å²) in [6, 6.07) is 39.3. The number of benzene rings is 4. The highest BCUT2D eigenvalue weighted by Crippen LogP contribution is 2.46. The summed E-state index contributed by atoms with van der Waals surface area (Å²) in [6.45, 7) is 5.98. The number of nitro groups is 1. The number of nitrogens with zero attached hydrogens (tertiary/aromatic N) is 5. The zero-order chi connectivity index (χ0) is 31.9. The summed E-state index contributed by atoms with van der Waals surface area (Å²) < 4.78 is 17.7. The first kappa shape index (κ1) is 32.3. The third kappa shape index (κ3) is 6.86. The van der Waals surface area contributed by atoms with E-state index in [0.29, 0.717) is 13.2 Å². The first-order chi connectivity index (χ1) is 22.5. The number of piperazine rings is 1. The van der Waals surface area contributed by atoms with Crippen LogP contribution in [0.5, 0.6) is 0 Å². The molecule has 2 fully saturated rings. The maximum absolute atomic E-state index is 11.1. The van der Waals surface area contributed by atoms with E-state index in [1.165, 1.54) is 16.7 Å². The molecule has 0 spiro atoms. The third-order valence-corrected chi connectivity index (χ3v) is 10.8. The van der Waals surface area contributed by atoms with Crippen molar-refractivity contribution >= 4 is 19.8 Å². The summed E-state index contributed by atoms with van der Waals surface area (Å²) in [7, 11) is 3.17. The van der Waals surface area contributed by atoms with E-state index in [2.05, 4.69) is 124 Å². The zero-order valence-electron chi connectivity index (χ0n) is 26.5. The summed E-state index contributed by atoms with van der Waals surface area (Å²) in [5, 5.41) is 11.1. The molecule has 4 aromatic carbocycles. The Kier molecular flexibility index (Phi) is 10.4. The Morgan fingerprint density at radius 2 is 1.33 bits per heavy atom. The predicted octanol–water partition coefficient (Wildman–Crippen LogP) is 6.21. The second kappa shape index (κ2) is 14.8. The van der Waals surface area contributed by atoms with Gasteiger partial charge in [-0.2, -0.15) is 0 Å². The molecular weight excluding hydrogens is 597 g/mol.